The molecule has 0 radical (unpaired) electrons. The van der Waals surface area contributed by atoms with Crippen LogP contribution in [-0.4, -0.2) is 44.2 Å². The number of benzene rings is 3. The first-order valence-corrected chi connectivity index (χ1v) is 12.7. The van der Waals surface area contributed by atoms with Crippen molar-refractivity contribution in [3.8, 4) is 23.0 Å². The molecule has 0 amide bonds. The van der Waals surface area contributed by atoms with Gasteiger partial charge < -0.3 is 14.8 Å². The number of aromatic nitrogens is 5. The van der Waals surface area contributed by atoms with Crippen molar-refractivity contribution in [3.63, 3.8) is 0 Å². The molecule has 0 unspecified atom stereocenters. The minimum absolute atomic E-state index is 0.185. The van der Waals surface area contributed by atoms with Gasteiger partial charge in [-0.1, -0.05) is 42.5 Å². The zero-order chi connectivity index (χ0) is 27.7. The van der Waals surface area contributed by atoms with Crippen LogP contribution in [0.3, 0.4) is 0 Å². The molecule has 0 aliphatic heterocycles. The maximum atomic E-state index is 12.8. The van der Waals surface area contributed by atoms with Gasteiger partial charge in [0.15, 0.2) is 5.82 Å². The maximum Gasteiger partial charge on any atom is 0.347 e. The van der Waals surface area contributed by atoms with Gasteiger partial charge >= 0.3 is 5.97 Å². The average Bonchev–Trinajstić information content (AvgIpc) is 2.99. The van der Waals surface area contributed by atoms with Gasteiger partial charge in [-0.2, -0.15) is 20.1 Å². The number of carbonyl (C=O) groups is 1. The molecule has 198 valence electrons. The summed E-state index contributed by atoms with van der Waals surface area (Å²) < 4.78 is 11.5. The second-order valence-electron chi connectivity index (χ2n) is 8.01. The van der Waals surface area contributed by atoms with E-state index in [1.807, 2.05) is 36.4 Å². The zero-order valence-corrected chi connectivity index (χ0v) is 22.6. The van der Waals surface area contributed by atoms with Crippen LogP contribution in [0.25, 0.3) is 11.5 Å². The van der Waals surface area contributed by atoms with E-state index in [9.17, 15) is 4.79 Å². The standard InChI is InChI=1S/C28H21BrN8O3/c1-39-24-21(26(38)40-20-10-6-3-7-11-20)13-12-18(23(24)29)16-32-37-28-35-25(22-14-15-30-17-31-22)34-27(36-28)33-19-8-4-2-5-9-19/h2-17H,1H3,(H2,33,34,35,36,37)/b32-16+. The summed E-state index contributed by atoms with van der Waals surface area (Å²) in [6, 6.07) is 23.3. The SMILES string of the molecule is COc1c(C(=O)Oc2ccccc2)ccc(/C=N/Nc2nc(Nc3ccccc3)nc(-c3ccncn3)n2)c1Br. The number of nitrogens with zero attached hydrogens (tertiary/aromatic N) is 6. The predicted molar refractivity (Wildman–Crippen MR) is 154 cm³/mol. The number of carbonyl (C=O) groups excluding carboxylic acids is 1. The number of methoxy groups -OCH3 is 1. The first kappa shape index (κ1) is 26.4. The first-order valence-electron chi connectivity index (χ1n) is 11.9. The van der Waals surface area contributed by atoms with Crippen LogP contribution in [0.15, 0.2) is 101 Å². The van der Waals surface area contributed by atoms with Gasteiger partial charge in [0.1, 0.15) is 29.1 Å². The number of halogens is 1. The summed E-state index contributed by atoms with van der Waals surface area (Å²) in [7, 11) is 1.47. The van der Waals surface area contributed by atoms with Crippen molar-refractivity contribution >= 4 is 45.7 Å². The molecular weight excluding hydrogens is 576 g/mol. The monoisotopic (exact) mass is 596 g/mol. The second kappa shape index (κ2) is 12.5. The van der Waals surface area contributed by atoms with Crippen molar-refractivity contribution in [1.82, 2.24) is 24.9 Å². The quantitative estimate of drug-likeness (QED) is 0.0969. The molecule has 2 N–H and O–H groups in total. The molecule has 0 aliphatic rings. The number of anilines is 3. The minimum atomic E-state index is -0.550. The summed E-state index contributed by atoms with van der Waals surface area (Å²) in [6.07, 6.45) is 4.56. The Morgan fingerprint density at radius 2 is 1.68 bits per heavy atom. The summed E-state index contributed by atoms with van der Waals surface area (Å²) in [4.78, 5) is 34.3. The summed E-state index contributed by atoms with van der Waals surface area (Å²) in [5.41, 5.74) is 5.05. The van der Waals surface area contributed by atoms with E-state index in [0.29, 0.717) is 39.0 Å². The number of para-hydroxylation sites is 2. The Labute approximate surface area is 237 Å². The molecule has 2 aromatic heterocycles. The Hall–Kier alpha value is -5.23. The third-order valence-electron chi connectivity index (χ3n) is 5.35. The first-order chi connectivity index (χ1) is 19.6. The lowest BCUT2D eigenvalue weighted by Gasteiger charge is -2.12. The fourth-order valence-electron chi connectivity index (χ4n) is 3.51. The van der Waals surface area contributed by atoms with Crippen molar-refractivity contribution in [2.75, 3.05) is 17.9 Å². The molecular formula is C28H21BrN8O3. The van der Waals surface area contributed by atoms with Gasteiger partial charge in [0, 0.05) is 17.4 Å². The molecule has 11 nitrogen and oxygen atoms in total. The molecule has 0 saturated carbocycles. The van der Waals surface area contributed by atoms with Gasteiger partial charge in [0.2, 0.25) is 11.9 Å². The molecule has 5 aromatic rings. The number of hydrogen-bond donors (Lipinski definition) is 2. The molecule has 12 heteroatoms. The van der Waals surface area contributed by atoms with Crippen molar-refractivity contribution < 1.29 is 14.3 Å². The summed E-state index contributed by atoms with van der Waals surface area (Å²) in [5.74, 6) is 1.01. The number of hydrogen-bond acceptors (Lipinski definition) is 11. The van der Waals surface area contributed by atoms with E-state index < -0.39 is 5.97 Å². The highest BCUT2D eigenvalue weighted by molar-refractivity contribution is 9.10. The molecule has 0 saturated heterocycles. The van der Waals surface area contributed by atoms with Crippen molar-refractivity contribution in [1.29, 1.82) is 0 Å². The lowest BCUT2D eigenvalue weighted by Crippen LogP contribution is -2.11. The molecule has 0 aliphatic carbocycles. The lowest BCUT2D eigenvalue weighted by atomic mass is 10.1. The van der Waals surface area contributed by atoms with Crippen LogP contribution in [0.4, 0.5) is 17.6 Å². The van der Waals surface area contributed by atoms with Crippen LogP contribution in [0, 0.1) is 0 Å². The molecule has 2 heterocycles. The Bertz CT molecular complexity index is 1640. The Morgan fingerprint density at radius 1 is 0.925 bits per heavy atom. The normalized spacial score (nSPS) is 10.8. The average molecular weight is 597 g/mol. The fraction of sp³-hybridized carbons (Fsp3) is 0.0357. The highest BCUT2D eigenvalue weighted by Gasteiger charge is 2.19. The van der Waals surface area contributed by atoms with Crippen LogP contribution in [0.1, 0.15) is 15.9 Å². The number of rotatable bonds is 9. The number of ether oxygens (including phenoxy) is 2. The van der Waals surface area contributed by atoms with E-state index in [-0.39, 0.29) is 11.5 Å². The highest BCUT2D eigenvalue weighted by atomic mass is 79.9. The lowest BCUT2D eigenvalue weighted by molar-refractivity contribution is 0.0731. The fourth-order valence-corrected chi connectivity index (χ4v) is 4.12. The number of esters is 1. The van der Waals surface area contributed by atoms with Gasteiger partial charge in [-0.15, -0.1) is 0 Å². The van der Waals surface area contributed by atoms with Crippen molar-refractivity contribution in [2.45, 2.75) is 0 Å². The van der Waals surface area contributed by atoms with Crippen LogP contribution in [-0.2, 0) is 0 Å². The van der Waals surface area contributed by atoms with E-state index in [1.165, 1.54) is 19.7 Å². The van der Waals surface area contributed by atoms with Crippen LogP contribution in [0.2, 0.25) is 0 Å². The summed E-state index contributed by atoms with van der Waals surface area (Å²) in [5, 5.41) is 7.44. The van der Waals surface area contributed by atoms with E-state index in [2.05, 4.69) is 56.7 Å². The van der Waals surface area contributed by atoms with E-state index in [4.69, 9.17) is 9.47 Å². The Kier molecular flexibility index (Phi) is 8.27. The van der Waals surface area contributed by atoms with E-state index >= 15 is 0 Å². The summed E-state index contributed by atoms with van der Waals surface area (Å²) >= 11 is 3.51. The molecule has 3 aromatic carbocycles. The molecule has 0 fully saturated rings. The third-order valence-corrected chi connectivity index (χ3v) is 6.17. The predicted octanol–water partition coefficient (Wildman–Crippen LogP) is 5.51. The van der Waals surface area contributed by atoms with Gasteiger partial charge in [-0.3, -0.25) is 0 Å². The summed E-state index contributed by atoms with van der Waals surface area (Å²) in [6.45, 7) is 0. The molecule has 5 rings (SSSR count). The molecule has 40 heavy (non-hydrogen) atoms. The number of hydrazone groups is 1. The smallest absolute Gasteiger partial charge is 0.347 e. The third kappa shape index (κ3) is 6.42. The second-order valence-corrected chi connectivity index (χ2v) is 8.81. The number of nitrogens with one attached hydrogen (secondary N) is 2. The van der Waals surface area contributed by atoms with Gasteiger partial charge in [-0.05, 0) is 52.3 Å². The van der Waals surface area contributed by atoms with Gasteiger partial charge in [0.05, 0.1) is 17.8 Å². The molecule has 0 atom stereocenters. The minimum Gasteiger partial charge on any atom is -0.495 e. The topological polar surface area (TPSA) is 136 Å². The van der Waals surface area contributed by atoms with Crippen molar-refractivity contribution in [2.24, 2.45) is 5.10 Å². The highest BCUT2D eigenvalue weighted by Crippen LogP contribution is 2.32. The Morgan fingerprint density at radius 3 is 2.40 bits per heavy atom. The largest absolute Gasteiger partial charge is 0.495 e. The Balaban J connectivity index is 1.38. The van der Waals surface area contributed by atoms with Crippen LogP contribution < -0.4 is 20.2 Å². The molecule has 0 bridgehead atoms. The van der Waals surface area contributed by atoms with Crippen LogP contribution >= 0.6 is 15.9 Å². The van der Waals surface area contributed by atoms with Gasteiger partial charge in [-0.25, -0.2) is 20.2 Å². The van der Waals surface area contributed by atoms with E-state index in [0.717, 1.165) is 5.69 Å². The van der Waals surface area contributed by atoms with E-state index in [1.54, 1.807) is 48.7 Å². The maximum absolute atomic E-state index is 12.8. The zero-order valence-electron chi connectivity index (χ0n) is 21.0. The van der Waals surface area contributed by atoms with Crippen LogP contribution in [0.5, 0.6) is 11.5 Å². The molecule has 0 spiro atoms. The van der Waals surface area contributed by atoms with Gasteiger partial charge in [0.25, 0.3) is 0 Å². The van der Waals surface area contributed by atoms with Crippen molar-refractivity contribution in [3.05, 3.63) is 107 Å².